The van der Waals surface area contributed by atoms with Crippen molar-refractivity contribution in [1.82, 2.24) is 5.32 Å². The minimum absolute atomic E-state index is 0.0793. The van der Waals surface area contributed by atoms with Gasteiger partial charge >= 0.3 is 0 Å². The van der Waals surface area contributed by atoms with Gasteiger partial charge in [0.1, 0.15) is 0 Å². The molecule has 3 aromatic carbocycles. The monoisotopic (exact) mass is 528 g/mol. The Morgan fingerprint density at radius 3 is 2.35 bits per heavy atom. The summed E-state index contributed by atoms with van der Waals surface area (Å²) in [6, 6.07) is 26.1. The van der Waals surface area contributed by atoms with E-state index in [0.29, 0.717) is 38.1 Å². The van der Waals surface area contributed by atoms with E-state index in [1.807, 2.05) is 61.5 Å². The molecule has 3 aromatic rings. The lowest BCUT2D eigenvalue weighted by Crippen LogP contribution is -2.31. The fraction of sp³-hybridized carbons (Fsp3) is 0.138. The fourth-order valence-corrected chi connectivity index (χ4v) is 5.24. The van der Waals surface area contributed by atoms with Gasteiger partial charge in [0.25, 0.3) is 5.91 Å². The van der Waals surface area contributed by atoms with Crippen molar-refractivity contribution in [3.8, 4) is 6.07 Å². The molecule has 0 aliphatic carbocycles. The molecule has 1 unspecified atom stereocenters. The molecule has 2 amide bonds. The normalized spacial score (nSPS) is 15.0. The molecule has 0 spiro atoms. The number of benzene rings is 3. The lowest BCUT2D eigenvalue weighted by atomic mass is 9.82. The molecule has 3 N–H and O–H groups in total. The van der Waals surface area contributed by atoms with Crippen LogP contribution >= 0.6 is 23.4 Å². The maximum Gasteiger partial charge on any atom is 0.254 e. The number of nitriles is 1. The van der Waals surface area contributed by atoms with E-state index in [1.165, 1.54) is 11.8 Å². The number of amides is 2. The van der Waals surface area contributed by atoms with Crippen LogP contribution in [0.4, 0.5) is 11.4 Å². The lowest BCUT2D eigenvalue weighted by molar-refractivity contribution is -0.114. The number of thioether (sulfide) groups is 1. The predicted octanol–water partition coefficient (Wildman–Crippen LogP) is 6.36. The van der Waals surface area contributed by atoms with Crippen LogP contribution in [-0.2, 0) is 9.59 Å². The second kappa shape index (κ2) is 11.8. The number of carbonyl (C=O) groups excluding carboxylic acids is 2. The van der Waals surface area contributed by atoms with E-state index in [2.05, 4.69) is 22.0 Å². The van der Waals surface area contributed by atoms with Gasteiger partial charge in [0.2, 0.25) is 5.91 Å². The number of nitrogens with zero attached hydrogens (tertiary/aromatic N) is 1. The molecule has 1 aliphatic rings. The van der Waals surface area contributed by atoms with E-state index >= 15 is 0 Å². The number of hydrogen-bond donors (Lipinski definition) is 3. The second-order valence-electron chi connectivity index (χ2n) is 8.44. The number of carbonyl (C=O) groups is 2. The third kappa shape index (κ3) is 6.05. The highest BCUT2D eigenvalue weighted by Crippen LogP contribution is 2.43. The van der Waals surface area contributed by atoms with E-state index in [9.17, 15) is 14.9 Å². The van der Waals surface area contributed by atoms with Crippen LogP contribution in [0.1, 0.15) is 24.0 Å². The maximum atomic E-state index is 13.5. The van der Waals surface area contributed by atoms with Crippen molar-refractivity contribution in [1.29, 1.82) is 5.26 Å². The van der Waals surface area contributed by atoms with Gasteiger partial charge in [0.15, 0.2) is 0 Å². The Morgan fingerprint density at radius 1 is 0.973 bits per heavy atom. The summed E-state index contributed by atoms with van der Waals surface area (Å²) in [6.07, 6.45) is 0. The Kier molecular flexibility index (Phi) is 8.34. The molecule has 4 rings (SSSR count). The average molecular weight is 529 g/mol. The summed E-state index contributed by atoms with van der Waals surface area (Å²) in [5, 5.41) is 20.2. The van der Waals surface area contributed by atoms with Crippen molar-refractivity contribution in [2.24, 2.45) is 0 Å². The van der Waals surface area contributed by atoms with Crippen LogP contribution in [0.25, 0.3) is 0 Å². The molecule has 0 saturated carbocycles. The molecule has 37 heavy (non-hydrogen) atoms. The van der Waals surface area contributed by atoms with Crippen LogP contribution in [0.15, 0.2) is 101 Å². The van der Waals surface area contributed by atoms with Gasteiger partial charge in [-0.15, -0.1) is 0 Å². The first kappa shape index (κ1) is 26.1. The van der Waals surface area contributed by atoms with E-state index in [0.717, 1.165) is 11.3 Å². The molecule has 6 nitrogen and oxygen atoms in total. The van der Waals surface area contributed by atoms with E-state index in [4.69, 9.17) is 11.6 Å². The molecule has 186 valence electrons. The molecular formula is C29H25ClN4O2S. The molecule has 0 radical (unpaired) electrons. The summed E-state index contributed by atoms with van der Waals surface area (Å²) >= 11 is 7.77. The van der Waals surface area contributed by atoms with Gasteiger partial charge in [-0.25, -0.2) is 0 Å². The highest BCUT2D eigenvalue weighted by atomic mass is 35.5. The minimum Gasteiger partial charge on any atom is -0.353 e. The summed E-state index contributed by atoms with van der Waals surface area (Å²) in [7, 11) is 0. The first-order chi connectivity index (χ1) is 17.9. The minimum atomic E-state index is -0.703. The fourth-order valence-electron chi connectivity index (χ4n) is 4.10. The summed E-state index contributed by atoms with van der Waals surface area (Å²) in [5.41, 5.74) is 4.28. The van der Waals surface area contributed by atoms with Crippen molar-refractivity contribution < 1.29 is 9.59 Å². The average Bonchev–Trinajstić information content (AvgIpc) is 2.89. The van der Waals surface area contributed by atoms with Crippen molar-refractivity contribution in [3.63, 3.8) is 0 Å². The molecule has 0 saturated heterocycles. The number of anilines is 2. The van der Waals surface area contributed by atoms with Crippen LogP contribution in [0.3, 0.4) is 0 Å². The Labute approximate surface area is 225 Å². The topological polar surface area (TPSA) is 94.0 Å². The van der Waals surface area contributed by atoms with E-state index in [-0.39, 0.29) is 17.6 Å². The highest BCUT2D eigenvalue weighted by Gasteiger charge is 2.36. The Hall–Kier alpha value is -3.99. The van der Waals surface area contributed by atoms with Gasteiger partial charge in [0.05, 0.1) is 28.3 Å². The summed E-state index contributed by atoms with van der Waals surface area (Å²) in [6.45, 7) is 3.71. The highest BCUT2D eigenvalue weighted by molar-refractivity contribution is 8.03. The third-order valence-electron chi connectivity index (χ3n) is 5.91. The summed E-state index contributed by atoms with van der Waals surface area (Å²) in [4.78, 5) is 26.2. The van der Waals surface area contributed by atoms with Gasteiger partial charge < -0.3 is 16.0 Å². The molecule has 0 bridgehead atoms. The standard InChI is InChI=1S/C29H25ClN4O2S/c1-18-10-6-9-15-24(18)34-25(35)17-37-29-22(16-31)27(21-13-7-8-14-23(21)30)26(19(2)32-29)28(36)33-20-11-4-3-5-12-20/h3-15,27,32H,17H2,1-2H3,(H,33,36)(H,34,35). The van der Waals surface area contributed by atoms with Crippen molar-refractivity contribution in [2.45, 2.75) is 19.8 Å². The molecule has 1 heterocycles. The van der Waals surface area contributed by atoms with Crippen molar-refractivity contribution >= 4 is 46.6 Å². The van der Waals surface area contributed by atoms with Crippen LogP contribution in [0.2, 0.25) is 5.02 Å². The van der Waals surface area contributed by atoms with Gasteiger partial charge in [-0.2, -0.15) is 5.26 Å². The summed E-state index contributed by atoms with van der Waals surface area (Å²) < 4.78 is 0. The van der Waals surface area contributed by atoms with Crippen LogP contribution in [0, 0.1) is 18.3 Å². The Bertz CT molecular complexity index is 1440. The van der Waals surface area contributed by atoms with Gasteiger partial charge in [-0.3, -0.25) is 9.59 Å². The van der Waals surface area contributed by atoms with Crippen LogP contribution in [-0.4, -0.2) is 17.6 Å². The van der Waals surface area contributed by atoms with E-state index < -0.39 is 5.92 Å². The number of aryl methyl sites for hydroxylation is 1. The first-order valence-electron chi connectivity index (χ1n) is 11.6. The Balaban J connectivity index is 1.65. The van der Waals surface area contributed by atoms with Crippen LogP contribution in [0.5, 0.6) is 0 Å². The quantitative estimate of drug-likeness (QED) is 0.332. The zero-order chi connectivity index (χ0) is 26.4. The zero-order valence-corrected chi connectivity index (χ0v) is 21.9. The first-order valence-corrected chi connectivity index (χ1v) is 13.0. The number of dihydropyridines is 1. The molecule has 0 fully saturated rings. The Morgan fingerprint density at radius 2 is 1.65 bits per heavy atom. The van der Waals surface area contributed by atoms with E-state index in [1.54, 1.807) is 31.2 Å². The molecular weight excluding hydrogens is 504 g/mol. The molecule has 0 aromatic heterocycles. The largest absolute Gasteiger partial charge is 0.353 e. The molecule has 8 heteroatoms. The predicted molar refractivity (Wildman–Crippen MR) is 150 cm³/mol. The third-order valence-corrected chi connectivity index (χ3v) is 7.27. The van der Waals surface area contributed by atoms with Gasteiger partial charge in [-0.1, -0.05) is 78.0 Å². The smallest absolute Gasteiger partial charge is 0.254 e. The van der Waals surface area contributed by atoms with Gasteiger partial charge in [-0.05, 0) is 49.2 Å². The van der Waals surface area contributed by atoms with Crippen molar-refractivity contribution in [3.05, 3.63) is 117 Å². The van der Waals surface area contributed by atoms with Crippen LogP contribution < -0.4 is 16.0 Å². The molecule has 1 aliphatic heterocycles. The van der Waals surface area contributed by atoms with Crippen molar-refractivity contribution in [2.75, 3.05) is 16.4 Å². The second-order valence-corrected chi connectivity index (χ2v) is 9.84. The number of nitrogens with one attached hydrogen (secondary N) is 3. The number of halogens is 1. The number of rotatable bonds is 7. The summed E-state index contributed by atoms with van der Waals surface area (Å²) in [5.74, 6) is -1.16. The SMILES string of the molecule is CC1=C(C(=O)Nc2ccccc2)C(c2ccccc2Cl)C(C#N)=C(SCC(=O)Nc2ccccc2C)N1. The number of hydrogen-bond acceptors (Lipinski definition) is 5. The van der Waals surface area contributed by atoms with Gasteiger partial charge in [0, 0.05) is 27.7 Å². The maximum absolute atomic E-state index is 13.5. The number of para-hydroxylation sites is 2. The zero-order valence-electron chi connectivity index (χ0n) is 20.3. The molecule has 1 atom stereocenters. The lowest BCUT2D eigenvalue weighted by Gasteiger charge is -2.30. The number of allylic oxidation sites excluding steroid dienone is 2.